The Hall–Kier alpha value is -1.26. The third-order valence-corrected chi connectivity index (χ3v) is 5.14. The van der Waals surface area contributed by atoms with Crippen LogP contribution in [0, 0.1) is 11.8 Å². The molecule has 0 heterocycles. The van der Waals surface area contributed by atoms with Gasteiger partial charge in [0.1, 0.15) is 0 Å². The predicted molar refractivity (Wildman–Crippen MR) is 74.1 cm³/mol. The Bertz CT molecular complexity index is 421. The maximum absolute atomic E-state index is 11.8. The summed E-state index contributed by atoms with van der Waals surface area (Å²) in [6.07, 6.45) is 5.98. The number of hydrogen-bond donors (Lipinski definition) is 2. The number of carbonyl (C=O) groups is 2. The third-order valence-electron chi connectivity index (χ3n) is 5.14. The normalized spacial score (nSPS) is 41.3. The van der Waals surface area contributed by atoms with Crippen LogP contribution in [-0.2, 0) is 9.53 Å². The number of alkyl carbamates (subject to hydrolysis) is 1. The maximum Gasteiger partial charge on any atom is 0.407 e. The van der Waals surface area contributed by atoms with Crippen LogP contribution in [-0.4, -0.2) is 29.7 Å². The lowest BCUT2D eigenvalue weighted by Crippen LogP contribution is -2.69. The molecule has 0 saturated heterocycles. The van der Waals surface area contributed by atoms with E-state index in [4.69, 9.17) is 4.74 Å². The fourth-order valence-corrected chi connectivity index (χ4v) is 5.31. The van der Waals surface area contributed by atoms with Crippen LogP contribution in [0.15, 0.2) is 0 Å². The summed E-state index contributed by atoms with van der Waals surface area (Å²) in [5.74, 6) is 1.27. The monoisotopic (exact) mass is 280 g/mol. The second-order valence-electron chi connectivity index (χ2n) is 7.05. The van der Waals surface area contributed by atoms with E-state index in [-0.39, 0.29) is 23.1 Å². The molecule has 4 bridgehead atoms. The molecule has 0 aromatic heterocycles. The summed E-state index contributed by atoms with van der Waals surface area (Å²) in [5.41, 5.74) is -0.270. The van der Waals surface area contributed by atoms with E-state index in [9.17, 15) is 9.59 Å². The Morgan fingerprint density at radius 3 is 2.15 bits per heavy atom. The Balaban J connectivity index is 1.79. The highest BCUT2D eigenvalue weighted by Crippen LogP contribution is 2.57. The second kappa shape index (κ2) is 4.64. The minimum atomic E-state index is -0.313. The molecule has 4 aliphatic carbocycles. The van der Waals surface area contributed by atoms with E-state index in [1.807, 2.05) is 6.92 Å². The first-order valence-electron chi connectivity index (χ1n) is 7.68. The van der Waals surface area contributed by atoms with E-state index in [0.29, 0.717) is 18.4 Å². The van der Waals surface area contributed by atoms with Crippen molar-refractivity contribution < 1.29 is 14.3 Å². The lowest BCUT2D eigenvalue weighted by Gasteiger charge is -2.62. The van der Waals surface area contributed by atoms with Crippen LogP contribution < -0.4 is 10.6 Å². The van der Waals surface area contributed by atoms with Gasteiger partial charge in [-0.2, -0.15) is 0 Å². The first kappa shape index (κ1) is 13.7. The highest BCUT2D eigenvalue weighted by Gasteiger charge is 2.58. The number of ether oxygens (including phenoxy) is 1. The van der Waals surface area contributed by atoms with Crippen molar-refractivity contribution in [3.05, 3.63) is 0 Å². The van der Waals surface area contributed by atoms with Crippen molar-refractivity contribution in [1.29, 1.82) is 0 Å². The van der Waals surface area contributed by atoms with Gasteiger partial charge in [0, 0.05) is 18.0 Å². The lowest BCUT2D eigenvalue weighted by molar-refractivity contribution is -0.125. The van der Waals surface area contributed by atoms with Gasteiger partial charge in [0.25, 0.3) is 0 Å². The van der Waals surface area contributed by atoms with E-state index >= 15 is 0 Å². The van der Waals surface area contributed by atoms with E-state index in [1.165, 1.54) is 6.42 Å². The van der Waals surface area contributed by atoms with Gasteiger partial charge in [-0.1, -0.05) is 0 Å². The van der Waals surface area contributed by atoms with Gasteiger partial charge in [0.05, 0.1) is 6.61 Å². The molecule has 0 aliphatic heterocycles. The van der Waals surface area contributed by atoms with E-state index in [0.717, 1.165) is 32.1 Å². The van der Waals surface area contributed by atoms with Crippen LogP contribution in [0.3, 0.4) is 0 Å². The minimum Gasteiger partial charge on any atom is -0.450 e. The molecule has 0 spiro atoms. The molecule has 0 aromatic rings. The van der Waals surface area contributed by atoms with Crippen LogP contribution in [0.4, 0.5) is 4.79 Å². The van der Waals surface area contributed by atoms with Gasteiger partial charge in [-0.05, 0) is 57.3 Å². The van der Waals surface area contributed by atoms with Gasteiger partial charge >= 0.3 is 6.09 Å². The zero-order valence-electron chi connectivity index (χ0n) is 12.3. The maximum atomic E-state index is 11.8. The number of nitrogens with one attached hydrogen (secondary N) is 2. The van der Waals surface area contributed by atoms with Crippen LogP contribution in [0.5, 0.6) is 0 Å². The molecule has 5 nitrogen and oxygen atoms in total. The van der Waals surface area contributed by atoms with Crippen molar-refractivity contribution in [2.45, 2.75) is 63.5 Å². The summed E-state index contributed by atoms with van der Waals surface area (Å²) in [6.45, 7) is 3.80. The molecule has 4 aliphatic rings. The SMILES string of the molecule is CCOC(=O)NC12CC3CC(CC(NC(C)=O)(C3)C1)C2. The average Bonchev–Trinajstić information content (AvgIpc) is 2.23. The molecule has 112 valence electrons. The van der Waals surface area contributed by atoms with Gasteiger partial charge in [0.15, 0.2) is 0 Å². The number of hydrogen-bond acceptors (Lipinski definition) is 3. The van der Waals surface area contributed by atoms with Crippen molar-refractivity contribution in [2.75, 3.05) is 6.61 Å². The minimum absolute atomic E-state index is 0.0400. The van der Waals surface area contributed by atoms with Gasteiger partial charge in [-0.3, -0.25) is 4.79 Å². The van der Waals surface area contributed by atoms with Crippen molar-refractivity contribution in [3.63, 3.8) is 0 Å². The standard InChI is InChI=1S/C15H24N2O3/c1-3-20-13(19)17-15-7-11-4-12(8-15)6-14(5-11,9-15)16-10(2)18/h11-12H,3-9H2,1-2H3,(H,16,18)(H,17,19). The fraction of sp³-hybridized carbons (Fsp3) is 0.867. The summed E-state index contributed by atoms with van der Waals surface area (Å²) in [7, 11) is 0. The first-order valence-corrected chi connectivity index (χ1v) is 7.68. The zero-order valence-corrected chi connectivity index (χ0v) is 12.3. The van der Waals surface area contributed by atoms with Crippen molar-refractivity contribution in [1.82, 2.24) is 10.6 Å². The zero-order chi connectivity index (χ0) is 14.4. The van der Waals surface area contributed by atoms with E-state index < -0.39 is 0 Å². The first-order chi connectivity index (χ1) is 9.44. The molecule has 5 heteroatoms. The molecule has 0 radical (unpaired) electrons. The van der Waals surface area contributed by atoms with Gasteiger partial charge in [-0.15, -0.1) is 0 Å². The summed E-state index contributed by atoms with van der Waals surface area (Å²) < 4.78 is 5.06. The Labute approximate surface area is 119 Å². The van der Waals surface area contributed by atoms with Gasteiger partial charge in [0.2, 0.25) is 5.91 Å². The van der Waals surface area contributed by atoms with Crippen LogP contribution in [0.2, 0.25) is 0 Å². The van der Waals surface area contributed by atoms with Crippen LogP contribution in [0.1, 0.15) is 52.4 Å². The lowest BCUT2D eigenvalue weighted by atomic mass is 9.50. The molecule has 0 aromatic carbocycles. The average molecular weight is 280 g/mol. The molecular weight excluding hydrogens is 256 g/mol. The molecule has 4 rings (SSSR count). The van der Waals surface area contributed by atoms with Gasteiger partial charge in [-0.25, -0.2) is 4.79 Å². The molecular formula is C15H24N2O3. The van der Waals surface area contributed by atoms with Crippen molar-refractivity contribution >= 4 is 12.0 Å². The quantitative estimate of drug-likeness (QED) is 0.830. The van der Waals surface area contributed by atoms with Crippen molar-refractivity contribution in [3.8, 4) is 0 Å². The molecule has 2 unspecified atom stereocenters. The highest BCUT2D eigenvalue weighted by molar-refractivity contribution is 5.74. The largest absolute Gasteiger partial charge is 0.450 e. The molecule has 2 amide bonds. The number of amides is 2. The topological polar surface area (TPSA) is 67.4 Å². The summed E-state index contributed by atoms with van der Waals surface area (Å²) in [5, 5.41) is 6.30. The van der Waals surface area contributed by atoms with Crippen molar-refractivity contribution in [2.24, 2.45) is 11.8 Å². The summed E-state index contributed by atoms with van der Waals surface area (Å²) in [4.78, 5) is 23.4. The Morgan fingerprint density at radius 2 is 1.65 bits per heavy atom. The Kier molecular flexibility index (Phi) is 3.18. The summed E-state index contributed by atoms with van der Waals surface area (Å²) >= 11 is 0. The van der Waals surface area contributed by atoms with E-state index in [1.54, 1.807) is 6.92 Å². The van der Waals surface area contributed by atoms with Gasteiger partial charge < -0.3 is 15.4 Å². The van der Waals surface area contributed by atoms with Crippen LogP contribution in [0.25, 0.3) is 0 Å². The number of rotatable bonds is 3. The fourth-order valence-electron chi connectivity index (χ4n) is 5.31. The van der Waals surface area contributed by atoms with E-state index in [2.05, 4.69) is 10.6 Å². The highest BCUT2D eigenvalue weighted by atomic mass is 16.5. The smallest absolute Gasteiger partial charge is 0.407 e. The Morgan fingerprint density at radius 1 is 1.10 bits per heavy atom. The van der Waals surface area contributed by atoms with Crippen LogP contribution >= 0.6 is 0 Å². The molecule has 2 atom stereocenters. The third kappa shape index (κ3) is 2.38. The summed E-state index contributed by atoms with van der Waals surface area (Å²) in [6, 6.07) is 0. The molecule has 20 heavy (non-hydrogen) atoms. The number of carbonyl (C=O) groups excluding carboxylic acids is 2. The second-order valence-corrected chi connectivity index (χ2v) is 7.05. The molecule has 4 saturated carbocycles. The predicted octanol–water partition coefficient (Wildman–Crippen LogP) is 1.96. The molecule has 4 fully saturated rings. The molecule has 2 N–H and O–H groups in total.